The van der Waals surface area contributed by atoms with Gasteiger partial charge in [0.15, 0.2) is 0 Å². The zero-order chi connectivity index (χ0) is 13.0. The molecule has 0 aliphatic heterocycles. The van der Waals surface area contributed by atoms with Crippen molar-refractivity contribution in [2.45, 2.75) is 35.8 Å². The van der Waals surface area contributed by atoms with E-state index in [1.807, 2.05) is 30.0 Å². The Kier molecular flexibility index (Phi) is 4.30. The molecule has 1 aromatic carbocycles. The molecule has 0 heterocycles. The monoisotopic (exact) mass is 265 g/mol. The van der Waals surface area contributed by atoms with Crippen molar-refractivity contribution in [1.82, 2.24) is 5.32 Å². The molecular weight excluding hydrogens is 246 g/mol. The first-order valence-electron chi connectivity index (χ1n) is 6.24. The molecule has 0 bridgehead atoms. The Labute approximate surface area is 112 Å². The molecule has 0 radical (unpaired) electrons. The number of aliphatic carboxylic acids is 1. The number of carboxylic acid groups (broad SMARTS) is 1. The fraction of sp³-hybridized carbons (Fsp3) is 0.500. The SMILES string of the molecule is CNC1(C(=O)O)CCC(SCc2ccccc2)C1. The van der Waals surface area contributed by atoms with Gasteiger partial charge >= 0.3 is 5.97 Å². The van der Waals surface area contributed by atoms with Gasteiger partial charge < -0.3 is 10.4 Å². The minimum Gasteiger partial charge on any atom is -0.480 e. The summed E-state index contributed by atoms with van der Waals surface area (Å²) in [6.45, 7) is 0. The van der Waals surface area contributed by atoms with Crippen LogP contribution in [0.5, 0.6) is 0 Å². The number of rotatable bonds is 5. The van der Waals surface area contributed by atoms with Crippen molar-refractivity contribution >= 4 is 17.7 Å². The van der Waals surface area contributed by atoms with E-state index in [1.54, 1.807) is 7.05 Å². The number of nitrogens with one attached hydrogen (secondary N) is 1. The minimum absolute atomic E-state index is 0.439. The van der Waals surface area contributed by atoms with E-state index < -0.39 is 11.5 Å². The highest BCUT2D eigenvalue weighted by Gasteiger charge is 2.44. The molecule has 1 saturated carbocycles. The van der Waals surface area contributed by atoms with Gasteiger partial charge in [0.25, 0.3) is 0 Å². The fourth-order valence-corrected chi connectivity index (χ4v) is 3.77. The van der Waals surface area contributed by atoms with Gasteiger partial charge in [0, 0.05) is 11.0 Å². The summed E-state index contributed by atoms with van der Waals surface area (Å²) in [5.74, 6) is 0.248. The van der Waals surface area contributed by atoms with Crippen LogP contribution in [0.1, 0.15) is 24.8 Å². The first-order valence-corrected chi connectivity index (χ1v) is 7.29. The van der Waals surface area contributed by atoms with Crippen LogP contribution in [0.2, 0.25) is 0 Å². The van der Waals surface area contributed by atoms with Crippen molar-refractivity contribution in [1.29, 1.82) is 0 Å². The second-order valence-electron chi connectivity index (χ2n) is 4.80. The van der Waals surface area contributed by atoms with Gasteiger partial charge in [-0.05, 0) is 31.9 Å². The van der Waals surface area contributed by atoms with Crippen molar-refractivity contribution in [3.05, 3.63) is 35.9 Å². The molecule has 18 heavy (non-hydrogen) atoms. The Bertz CT molecular complexity index is 410. The predicted molar refractivity (Wildman–Crippen MR) is 74.8 cm³/mol. The number of benzene rings is 1. The lowest BCUT2D eigenvalue weighted by atomic mass is 9.99. The fourth-order valence-electron chi connectivity index (χ4n) is 2.46. The van der Waals surface area contributed by atoms with E-state index in [9.17, 15) is 9.90 Å². The molecule has 1 aliphatic carbocycles. The quantitative estimate of drug-likeness (QED) is 0.859. The number of hydrogen-bond acceptors (Lipinski definition) is 3. The Morgan fingerprint density at radius 3 is 2.78 bits per heavy atom. The maximum atomic E-state index is 11.3. The largest absolute Gasteiger partial charge is 0.480 e. The molecule has 4 heteroatoms. The summed E-state index contributed by atoms with van der Waals surface area (Å²) >= 11 is 1.87. The Hall–Kier alpha value is -1.00. The van der Waals surface area contributed by atoms with Crippen LogP contribution in [0.4, 0.5) is 0 Å². The second kappa shape index (κ2) is 5.76. The maximum absolute atomic E-state index is 11.3. The zero-order valence-electron chi connectivity index (χ0n) is 10.6. The molecule has 2 atom stereocenters. The van der Waals surface area contributed by atoms with Crippen LogP contribution in [-0.4, -0.2) is 28.9 Å². The van der Waals surface area contributed by atoms with Crippen LogP contribution in [0, 0.1) is 0 Å². The molecular formula is C14H19NO2S. The molecule has 1 aliphatic rings. The zero-order valence-corrected chi connectivity index (χ0v) is 11.4. The lowest BCUT2D eigenvalue weighted by Crippen LogP contribution is -2.48. The van der Waals surface area contributed by atoms with Crippen molar-refractivity contribution in [2.24, 2.45) is 0 Å². The molecule has 2 N–H and O–H groups in total. The highest BCUT2D eigenvalue weighted by atomic mass is 32.2. The smallest absolute Gasteiger partial charge is 0.323 e. The molecule has 0 spiro atoms. The number of carbonyl (C=O) groups is 1. The maximum Gasteiger partial charge on any atom is 0.323 e. The number of likely N-dealkylation sites (N-methyl/N-ethyl adjacent to an activating group) is 1. The summed E-state index contributed by atoms with van der Waals surface area (Å²) in [5.41, 5.74) is 0.605. The van der Waals surface area contributed by atoms with Crippen LogP contribution in [-0.2, 0) is 10.5 Å². The van der Waals surface area contributed by atoms with E-state index >= 15 is 0 Å². The average molecular weight is 265 g/mol. The van der Waals surface area contributed by atoms with Gasteiger partial charge in [-0.25, -0.2) is 0 Å². The number of hydrogen-bond donors (Lipinski definition) is 2. The summed E-state index contributed by atoms with van der Waals surface area (Å²) in [6, 6.07) is 10.3. The van der Waals surface area contributed by atoms with E-state index in [0.717, 1.165) is 25.0 Å². The van der Waals surface area contributed by atoms with Crippen molar-refractivity contribution in [3.8, 4) is 0 Å². The second-order valence-corrected chi connectivity index (χ2v) is 6.09. The first kappa shape index (κ1) is 13.4. The van der Waals surface area contributed by atoms with E-state index in [4.69, 9.17) is 0 Å². The van der Waals surface area contributed by atoms with Crippen LogP contribution >= 0.6 is 11.8 Å². The van der Waals surface area contributed by atoms with Crippen LogP contribution in [0.3, 0.4) is 0 Å². The molecule has 3 nitrogen and oxygen atoms in total. The van der Waals surface area contributed by atoms with E-state index in [0.29, 0.717) is 5.25 Å². The van der Waals surface area contributed by atoms with Gasteiger partial charge in [-0.2, -0.15) is 11.8 Å². The van der Waals surface area contributed by atoms with Crippen LogP contribution in [0.15, 0.2) is 30.3 Å². The van der Waals surface area contributed by atoms with Crippen molar-refractivity contribution < 1.29 is 9.90 Å². The molecule has 1 fully saturated rings. The average Bonchev–Trinajstić information content (AvgIpc) is 2.83. The number of thioether (sulfide) groups is 1. The molecule has 2 rings (SSSR count). The summed E-state index contributed by atoms with van der Waals surface area (Å²) in [4.78, 5) is 11.3. The Balaban J connectivity index is 1.88. The standard InChI is InChI=1S/C14H19NO2S/c1-15-14(13(16)17)8-7-12(9-14)18-10-11-5-3-2-4-6-11/h2-6,12,15H,7-10H2,1H3,(H,16,17). The third-order valence-electron chi connectivity index (χ3n) is 3.69. The summed E-state index contributed by atoms with van der Waals surface area (Å²) < 4.78 is 0. The predicted octanol–water partition coefficient (Wildman–Crippen LogP) is 2.52. The Morgan fingerprint density at radius 2 is 2.22 bits per heavy atom. The third-order valence-corrected chi connectivity index (χ3v) is 5.06. The summed E-state index contributed by atoms with van der Waals surface area (Å²) in [7, 11) is 1.75. The lowest BCUT2D eigenvalue weighted by molar-refractivity contribution is -0.144. The molecule has 2 unspecified atom stereocenters. The molecule has 0 saturated heterocycles. The van der Waals surface area contributed by atoms with Gasteiger partial charge in [0.2, 0.25) is 0 Å². The molecule has 1 aromatic rings. The van der Waals surface area contributed by atoms with E-state index in [1.165, 1.54) is 5.56 Å². The van der Waals surface area contributed by atoms with Gasteiger partial charge in [0.05, 0.1) is 0 Å². The summed E-state index contributed by atoms with van der Waals surface area (Å²) in [6.07, 6.45) is 2.42. The number of carboxylic acids is 1. The van der Waals surface area contributed by atoms with E-state index in [2.05, 4.69) is 17.4 Å². The van der Waals surface area contributed by atoms with Crippen molar-refractivity contribution in [3.63, 3.8) is 0 Å². The normalized spacial score (nSPS) is 27.3. The van der Waals surface area contributed by atoms with Gasteiger partial charge in [-0.3, -0.25) is 4.79 Å². The van der Waals surface area contributed by atoms with Crippen LogP contribution in [0.25, 0.3) is 0 Å². The topological polar surface area (TPSA) is 49.3 Å². The van der Waals surface area contributed by atoms with Crippen molar-refractivity contribution in [2.75, 3.05) is 7.05 Å². The van der Waals surface area contributed by atoms with Crippen LogP contribution < -0.4 is 5.32 Å². The Morgan fingerprint density at radius 1 is 1.50 bits per heavy atom. The first-order chi connectivity index (χ1) is 8.66. The van der Waals surface area contributed by atoms with E-state index in [-0.39, 0.29) is 0 Å². The minimum atomic E-state index is -0.715. The van der Waals surface area contributed by atoms with Gasteiger partial charge in [-0.15, -0.1) is 0 Å². The molecule has 98 valence electrons. The highest BCUT2D eigenvalue weighted by molar-refractivity contribution is 7.99. The molecule has 0 amide bonds. The molecule has 0 aromatic heterocycles. The highest BCUT2D eigenvalue weighted by Crippen LogP contribution is 2.38. The van der Waals surface area contributed by atoms with Gasteiger partial charge in [-0.1, -0.05) is 30.3 Å². The van der Waals surface area contributed by atoms with Gasteiger partial charge in [0.1, 0.15) is 5.54 Å². The third kappa shape index (κ3) is 2.87. The lowest BCUT2D eigenvalue weighted by Gasteiger charge is -2.23. The summed E-state index contributed by atoms with van der Waals surface area (Å²) in [5, 5.41) is 12.7.